The molecular weight excluding hydrogens is 316 g/mol. The van der Waals surface area contributed by atoms with E-state index in [9.17, 15) is 0 Å². The molecule has 0 saturated carbocycles. The largest absolute Gasteiger partial charge is 0.388 e. The summed E-state index contributed by atoms with van der Waals surface area (Å²) in [6.45, 7) is 34.8. The van der Waals surface area contributed by atoms with E-state index >= 15 is 0 Å². The minimum atomic E-state index is 0.0222. The smallest absolute Gasteiger partial charge is 0.0365 e. The van der Waals surface area contributed by atoms with Crippen LogP contribution in [0.1, 0.15) is 95.4 Å². The Morgan fingerprint density at radius 2 is 1.38 bits per heavy atom. The summed E-state index contributed by atoms with van der Waals surface area (Å²) in [6, 6.07) is 0. The lowest BCUT2D eigenvalue weighted by Crippen LogP contribution is -2.50. The third-order valence-electron chi connectivity index (χ3n) is 7.20. The molecule has 0 spiro atoms. The first-order valence-corrected chi connectivity index (χ1v) is 10.4. The van der Waals surface area contributed by atoms with Crippen molar-refractivity contribution in [2.45, 2.75) is 101 Å². The summed E-state index contributed by atoms with van der Waals surface area (Å²) in [5.41, 5.74) is 2.70. The highest BCUT2D eigenvalue weighted by Gasteiger charge is 2.39. The van der Waals surface area contributed by atoms with Gasteiger partial charge in [-0.15, -0.1) is 0 Å². The molecule has 2 N–H and O–H groups in total. The zero-order valence-electron chi connectivity index (χ0n) is 19.8. The van der Waals surface area contributed by atoms with E-state index in [4.69, 9.17) is 0 Å². The SMILES string of the molecule is C=C(CCNC(=C)C(C)(C)C(C)(C)CC(C)C)NC(C)(C)C(C)(C)CC. The first-order valence-electron chi connectivity index (χ1n) is 10.4. The van der Waals surface area contributed by atoms with E-state index in [1.54, 1.807) is 0 Å². The van der Waals surface area contributed by atoms with E-state index in [2.05, 4.69) is 100.0 Å². The molecule has 0 heterocycles. The molecule has 0 unspecified atom stereocenters. The van der Waals surface area contributed by atoms with Gasteiger partial charge in [-0.3, -0.25) is 0 Å². The molecule has 26 heavy (non-hydrogen) atoms. The lowest BCUT2D eigenvalue weighted by atomic mass is 9.63. The Hall–Kier alpha value is -0.920. The summed E-state index contributed by atoms with van der Waals surface area (Å²) in [4.78, 5) is 0. The van der Waals surface area contributed by atoms with E-state index in [1.165, 1.54) is 6.42 Å². The Morgan fingerprint density at radius 1 is 0.885 bits per heavy atom. The third-order valence-corrected chi connectivity index (χ3v) is 7.20. The molecule has 0 fully saturated rings. The van der Waals surface area contributed by atoms with Crippen molar-refractivity contribution in [3.63, 3.8) is 0 Å². The molecular formula is C24H48N2. The van der Waals surface area contributed by atoms with E-state index < -0.39 is 0 Å². The van der Waals surface area contributed by atoms with E-state index in [0.717, 1.165) is 30.8 Å². The van der Waals surface area contributed by atoms with Crippen LogP contribution in [0.2, 0.25) is 0 Å². The summed E-state index contributed by atoms with van der Waals surface area (Å²) in [5, 5.41) is 7.23. The Balaban J connectivity index is 4.69. The molecule has 0 atom stereocenters. The van der Waals surface area contributed by atoms with Crippen LogP contribution < -0.4 is 10.6 Å². The van der Waals surface area contributed by atoms with Crippen molar-refractivity contribution in [3.8, 4) is 0 Å². The molecule has 0 aliphatic carbocycles. The fourth-order valence-corrected chi connectivity index (χ4v) is 3.39. The summed E-state index contributed by atoms with van der Waals surface area (Å²) >= 11 is 0. The molecule has 2 nitrogen and oxygen atoms in total. The van der Waals surface area contributed by atoms with Gasteiger partial charge in [0.2, 0.25) is 0 Å². The van der Waals surface area contributed by atoms with Crippen LogP contribution in [0.3, 0.4) is 0 Å². The van der Waals surface area contributed by atoms with E-state index in [0.29, 0.717) is 5.92 Å². The van der Waals surface area contributed by atoms with Gasteiger partial charge in [0.05, 0.1) is 0 Å². The van der Waals surface area contributed by atoms with Crippen LogP contribution in [0.5, 0.6) is 0 Å². The lowest BCUT2D eigenvalue weighted by Gasteiger charge is -2.45. The first-order chi connectivity index (χ1) is 11.5. The molecule has 0 rings (SSSR count). The molecule has 0 amide bonds. The van der Waals surface area contributed by atoms with Crippen molar-refractivity contribution in [2.24, 2.45) is 22.2 Å². The van der Waals surface area contributed by atoms with Gasteiger partial charge in [-0.25, -0.2) is 0 Å². The lowest BCUT2D eigenvalue weighted by molar-refractivity contribution is 0.112. The van der Waals surface area contributed by atoms with Gasteiger partial charge in [-0.2, -0.15) is 0 Å². The second-order valence-corrected chi connectivity index (χ2v) is 10.9. The predicted molar refractivity (Wildman–Crippen MR) is 119 cm³/mol. The van der Waals surface area contributed by atoms with E-state index in [1.807, 2.05) is 0 Å². The highest BCUT2D eigenvalue weighted by atomic mass is 15.0. The maximum absolute atomic E-state index is 4.36. The Morgan fingerprint density at radius 3 is 1.81 bits per heavy atom. The Kier molecular flexibility index (Phi) is 8.53. The third kappa shape index (κ3) is 6.35. The van der Waals surface area contributed by atoms with Gasteiger partial charge in [0.15, 0.2) is 0 Å². The van der Waals surface area contributed by atoms with Crippen LogP contribution >= 0.6 is 0 Å². The van der Waals surface area contributed by atoms with Crippen LogP contribution in [0, 0.1) is 22.2 Å². The van der Waals surface area contributed by atoms with Gasteiger partial charge >= 0.3 is 0 Å². The average Bonchev–Trinajstić information content (AvgIpc) is 2.44. The second kappa shape index (κ2) is 8.85. The van der Waals surface area contributed by atoms with Crippen LogP contribution in [-0.2, 0) is 0 Å². The minimum Gasteiger partial charge on any atom is -0.388 e. The molecule has 154 valence electrons. The molecule has 2 heteroatoms. The van der Waals surface area contributed by atoms with Crippen LogP contribution in [0.4, 0.5) is 0 Å². The van der Waals surface area contributed by atoms with Gasteiger partial charge in [-0.05, 0) is 43.4 Å². The standard InChI is InChI=1S/C24H48N2/c1-14-21(6,7)24(12,13)26-19(4)15-16-25-20(5)23(10,11)22(8,9)17-18(2)3/h18,25-26H,4-5,14-17H2,1-3,6-13H3. The highest BCUT2D eigenvalue weighted by Crippen LogP contribution is 2.46. The quantitative estimate of drug-likeness (QED) is 0.393. The molecule has 0 aliphatic rings. The topological polar surface area (TPSA) is 24.1 Å². The highest BCUT2D eigenvalue weighted by molar-refractivity contribution is 5.11. The normalized spacial score (nSPS) is 13.7. The number of nitrogens with one attached hydrogen (secondary N) is 2. The number of allylic oxidation sites excluding steroid dienone is 1. The summed E-state index contributed by atoms with van der Waals surface area (Å²) in [5.74, 6) is 0.685. The number of hydrogen-bond acceptors (Lipinski definition) is 2. The van der Waals surface area contributed by atoms with Gasteiger partial charge < -0.3 is 10.6 Å². The van der Waals surface area contributed by atoms with Crippen LogP contribution in [0.15, 0.2) is 24.6 Å². The van der Waals surface area contributed by atoms with Crippen molar-refractivity contribution in [2.75, 3.05) is 6.54 Å². The maximum Gasteiger partial charge on any atom is 0.0365 e. The van der Waals surface area contributed by atoms with Crippen molar-refractivity contribution in [3.05, 3.63) is 24.6 Å². The monoisotopic (exact) mass is 364 g/mol. The Bertz CT molecular complexity index is 478. The molecule has 0 aromatic carbocycles. The zero-order valence-corrected chi connectivity index (χ0v) is 19.8. The van der Waals surface area contributed by atoms with Gasteiger partial charge in [-0.1, -0.05) is 75.5 Å². The first kappa shape index (κ1) is 25.1. The molecule has 0 aliphatic heterocycles. The van der Waals surface area contributed by atoms with Gasteiger partial charge in [0, 0.05) is 35.3 Å². The molecule has 0 bridgehead atoms. The summed E-state index contributed by atoms with van der Waals surface area (Å²) in [7, 11) is 0. The molecule has 0 saturated heterocycles. The van der Waals surface area contributed by atoms with Crippen LogP contribution in [-0.4, -0.2) is 12.1 Å². The second-order valence-electron chi connectivity index (χ2n) is 10.9. The van der Waals surface area contributed by atoms with E-state index in [-0.39, 0.29) is 21.8 Å². The number of hydrogen-bond donors (Lipinski definition) is 2. The van der Waals surface area contributed by atoms with Crippen molar-refractivity contribution >= 4 is 0 Å². The predicted octanol–water partition coefficient (Wildman–Crippen LogP) is 6.90. The maximum atomic E-state index is 4.36. The molecule has 0 aromatic heterocycles. The van der Waals surface area contributed by atoms with Crippen LogP contribution in [0.25, 0.3) is 0 Å². The fourth-order valence-electron chi connectivity index (χ4n) is 3.39. The molecule has 0 aromatic rings. The Labute approximate surface area is 165 Å². The zero-order chi connectivity index (χ0) is 21.0. The number of rotatable bonds is 12. The van der Waals surface area contributed by atoms with Crippen molar-refractivity contribution in [1.82, 2.24) is 10.6 Å². The minimum absolute atomic E-state index is 0.0222. The summed E-state index contributed by atoms with van der Waals surface area (Å²) < 4.78 is 0. The fraction of sp³-hybridized carbons (Fsp3) is 0.833. The van der Waals surface area contributed by atoms with Gasteiger partial charge in [0.1, 0.15) is 0 Å². The average molecular weight is 365 g/mol. The van der Waals surface area contributed by atoms with Crippen molar-refractivity contribution in [1.29, 1.82) is 0 Å². The summed E-state index contributed by atoms with van der Waals surface area (Å²) in [6.07, 6.45) is 3.23. The van der Waals surface area contributed by atoms with Crippen molar-refractivity contribution < 1.29 is 0 Å². The molecule has 0 radical (unpaired) electrons. The van der Waals surface area contributed by atoms with Gasteiger partial charge in [0.25, 0.3) is 0 Å².